The molecule has 1 fully saturated rings. The van der Waals surface area contributed by atoms with Crippen LogP contribution in [0.4, 0.5) is 10.5 Å². The van der Waals surface area contributed by atoms with Gasteiger partial charge in [-0.05, 0) is 86.0 Å². The topological polar surface area (TPSA) is 102 Å². The number of hydrogen-bond donors (Lipinski definition) is 1. The summed E-state index contributed by atoms with van der Waals surface area (Å²) >= 11 is 0.771. The number of thioether (sulfide) groups is 1. The van der Waals surface area contributed by atoms with Crippen molar-refractivity contribution in [3.05, 3.63) is 64.1 Å². The van der Waals surface area contributed by atoms with Crippen LogP contribution in [0.2, 0.25) is 0 Å². The lowest BCUT2D eigenvalue weighted by molar-refractivity contribution is -0.150. The monoisotopic (exact) mass is 496 g/mol. The van der Waals surface area contributed by atoms with Gasteiger partial charge in [0.15, 0.2) is 6.61 Å². The Morgan fingerprint density at radius 3 is 2.46 bits per heavy atom. The lowest BCUT2D eigenvalue weighted by Crippen LogP contribution is -2.35. The molecule has 2 aromatic carbocycles. The number of rotatable bonds is 9. The molecule has 0 saturated carbocycles. The van der Waals surface area contributed by atoms with Crippen LogP contribution in [-0.2, 0) is 19.1 Å². The molecule has 184 valence electrons. The van der Waals surface area contributed by atoms with Gasteiger partial charge in [-0.1, -0.05) is 25.1 Å². The van der Waals surface area contributed by atoms with Crippen LogP contribution in [0.15, 0.2) is 47.4 Å². The van der Waals surface area contributed by atoms with E-state index >= 15 is 0 Å². The molecule has 0 spiro atoms. The van der Waals surface area contributed by atoms with E-state index in [9.17, 15) is 19.2 Å². The van der Waals surface area contributed by atoms with Crippen LogP contribution >= 0.6 is 11.8 Å². The fourth-order valence-corrected chi connectivity index (χ4v) is 3.93. The summed E-state index contributed by atoms with van der Waals surface area (Å²) in [6.45, 7) is 7.03. The van der Waals surface area contributed by atoms with Crippen LogP contribution in [0.25, 0.3) is 6.08 Å². The molecule has 2 aromatic rings. The van der Waals surface area contributed by atoms with Gasteiger partial charge in [0.25, 0.3) is 17.1 Å². The van der Waals surface area contributed by atoms with Gasteiger partial charge < -0.3 is 14.8 Å². The Kier molecular flexibility index (Phi) is 8.70. The fourth-order valence-electron chi connectivity index (χ4n) is 3.09. The Hall–Kier alpha value is -3.59. The van der Waals surface area contributed by atoms with E-state index in [-0.39, 0.29) is 23.5 Å². The lowest BCUT2D eigenvalue weighted by Gasteiger charge is -2.14. The van der Waals surface area contributed by atoms with Crippen molar-refractivity contribution in [2.24, 2.45) is 0 Å². The average Bonchev–Trinajstić information content (AvgIpc) is 3.08. The Balaban J connectivity index is 1.54. The highest BCUT2D eigenvalue weighted by atomic mass is 32.2. The van der Waals surface area contributed by atoms with E-state index in [1.54, 1.807) is 37.3 Å². The summed E-state index contributed by atoms with van der Waals surface area (Å²) in [5.74, 6) is -0.952. The van der Waals surface area contributed by atoms with E-state index in [1.165, 1.54) is 0 Å². The van der Waals surface area contributed by atoms with Crippen molar-refractivity contribution in [2.45, 2.75) is 40.2 Å². The van der Waals surface area contributed by atoms with Gasteiger partial charge >= 0.3 is 5.97 Å². The van der Waals surface area contributed by atoms with Crippen molar-refractivity contribution < 1.29 is 28.7 Å². The van der Waals surface area contributed by atoms with E-state index in [0.717, 1.165) is 27.8 Å². The number of anilines is 1. The SMILES string of the molecule is CC[C@H](C)OC(=O)CN1C(=O)S/C(=C\c2ccc(OCC(=O)Nc3ccc(C)c(C)c3)cc2)C1=O. The number of amides is 3. The van der Waals surface area contributed by atoms with E-state index < -0.39 is 23.7 Å². The number of carbonyl (C=O) groups is 4. The van der Waals surface area contributed by atoms with E-state index in [0.29, 0.717) is 23.4 Å². The molecular formula is C26H28N2O6S. The normalized spacial score (nSPS) is 15.3. The number of carbonyl (C=O) groups excluding carboxylic acids is 4. The van der Waals surface area contributed by atoms with Crippen molar-refractivity contribution in [3.63, 3.8) is 0 Å². The van der Waals surface area contributed by atoms with Gasteiger partial charge in [-0.25, -0.2) is 0 Å². The number of aryl methyl sites for hydroxylation is 2. The molecule has 0 aliphatic carbocycles. The summed E-state index contributed by atoms with van der Waals surface area (Å²) in [7, 11) is 0. The summed E-state index contributed by atoms with van der Waals surface area (Å²) in [6, 6.07) is 12.4. The smallest absolute Gasteiger partial charge is 0.326 e. The Labute approximate surface area is 208 Å². The van der Waals surface area contributed by atoms with Crippen LogP contribution in [0.3, 0.4) is 0 Å². The molecule has 9 heteroatoms. The third-order valence-electron chi connectivity index (χ3n) is 5.41. The molecular weight excluding hydrogens is 468 g/mol. The van der Waals surface area contributed by atoms with Gasteiger partial charge in [-0.2, -0.15) is 0 Å². The molecule has 1 atom stereocenters. The second kappa shape index (κ2) is 11.7. The highest BCUT2D eigenvalue weighted by molar-refractivity contribution is 8.18. The van der Waals surface area contributed by atoms with Crippen LogP contribution < -0.4 is 10.1 Å². The predicted molar refractivity (Wildman–Crippen MR) is 135 cm³/mol. The first-order chi connectivity index (χ1) is 16.7. The van der Waals surface area contributed by atoms with E-state index in [1.807, 2.05) is 39.0 Å². The molecule has 1 aliphatic heterocycles. The highest BCUT2D eigenvalue weighted by Crippen LogP contribution is 2.32. The number of ether oxygens (including phenoxy) is 2. The molecule has 1 heterocycles. The first-order valence-electron chi connectivity index (χ1n) is 11.2. The van der Waals surface area contributed by atoms with Gasteiger partial charge in [-0.15, -0.1) is 0 Å². The summed E-state index contributed by atoms with van der Waals surface area (Å²) in [5, 5.41) is 2.28. The van der Waals surface area contributed by atoms with Crippen LogP contribution in [-0.4, -0.2) is 47.2 Å². The minimum atomic E-state index is -0.619. The average molecular weight is 497 g/mol. The number of hydrogen-bond acceptors (Lipinski definition) is 7. The zero-order valence-electron chi connectivity index (χ0n) is 20.1. The highest BCUT2D eigenvalue weighted by Gasteiger charge is 2.36. The maximum atomic E-state index is 12.6. The van der Waals surface area contributed by atoms with E-state index in [2.05, 4.69) is 5.32 Å². The predicted octanol–water partition coefficient (Wildman–Crippen LogP) is 4.70. The second-order valence-electron chi connectivity index (χ2n) is 8.18. The van der Waals surface area contributed by atoms with Crippen molar-refractivity contribution in [3.8, 4) is 5.75 Å². The molecule has 35 heavy (non-hydrogen) atoms. The zero-order chi connectivity index (χ0) is 25.5. The number of nitrogens with zero attached hydrogens (tertiary/aromatic N) is 1. The van der Waals surface area contributed by atoms with Crippen molar-refractivity contribution in [2.75, 3.05) is 18.5 Å². The molecule has 0 radical (unpaired) electrons. The molecule has 0 bridgehead atoms. The van der Waals surface area contributed by atoms with Crippen LogP contribution in [0.1, 0.15) is 37.0 Å². The summed E-state index contributed by atoms with van der Waals surface area (Å²) in [6.07, 6.45) is 1.93. The Bertz CT molecular complexity index is 1160. The first kappa shape index (κ1) is 26.0. The van der Waals surface area contributed by atoms with Gasteiger partial charge in [0, 0.05) is 5.69 Å². The molecule has 1 aliphatic rings. The van der Waals surface area contributed by atoms with Crippen LogP contribution in [0, 0.1) is 13.8 Å². The minimum absolute atomic E-state index is 0.155. The summed E-state index contributed by atoms with van der Waals surface area (Å²) in [4.78, 5) is 50.0. The fraction of sp³-hybridized carbons (Fsp3) is 0.308. The quantitative estimate of drug-likeness (QED) is 0.397. The molecule has 1 saturated heterocycles. The molecule has 0 aromatic heterocycles. The third-order valence-corrected chi connectivity index (χ3v) is 6.31. The van der Waals surface area contributed by atoms with Gasteiger partial charge in [-0.3, -0.25) is 24.1 Å². The number of benzene rings is 2. The van der Waals surface area contributed by atoms with E-state index in [4.69, 9.17) is 9.47 Å². The maximum Gasteiger partial charge on any atom is 0.326 e. The summed E-state index contributed by atoms with van der Waals surface area (Å²) < 4.78 is 10.7. The standard InChI is InChI=1S/C26H28N2O6S/c1-5-18(4)34-24(30)14-28-25(31)22(35-26(28)32)13-19-7-10-21(11-8-19)33-15-23(29)27-20-9-6-16(2)17(3)12-20/h6-13,18H,5,14-15H2,1-4H3,(H,27,29)/b22-13-/t18-/m0/s1. The maximum absolute atomic E-state index is 12.6. The van der Waals surface area contributed by atoms with Crippen molar-refractivity contribution >= 4 is 46.5 Å². The Morgan fingerprint density at radius 1 is 1.09 bits per heavy atom. The van der Waals surface area contributed by atoms with Gasteiger partial charge in [0.1, 0.15) is 12.3 Å². The second-order valence-corrected chi connectivity index (χ2v) is 9.17. The van der Waals surface area contributed by atoms with Gasteiger partial charge in [0.05, 0.1) is 11.0 Å². The van der Waals surface area contributed by atoms with Crippen LogP contribution in [0.5, 0.6) is 5.75 Å². The van der Waals surface area contributed by atoms with Gasteiger partial charge in [0.2, 0.25) is 0 Å². The molecule has 0 unspecified atom stereocenters. The molecule has 3 rings (SSSR count). The molecule has 1 N–H and O–H groups in total. The zero-order valence-corrected chi connectivity index (χ0v) is 20.9. The van der Waals surface area contributed by atoms with Crippen molar-refractivity contribution in [1.82, 2.24) is 4.90 Å². The number of esters is 1. The minimum Gasteiger partial charge on any atom is -0.484 e. The summed E-state index contributed by atoms with van der Waals surface area (Å²) in [5.41, 5.74) is 3.61. The number of nitrogens with one attached hydrogen (secondary N) is 1. The lowest BCUT2D eigenvalue weighted by atomic mass is 10.1. The number of imide groups is 1. The van der Waals surface area contributed by atoms with Crippen molar-refractivity contribution in [1.29, 1.82) is 0 Å². The largest absolute Gasteiger partial charge is 0.484 e. The Morgan fingerprint density at radius 2 is 1.80 bits per heavy atom. The third kappa shape index (κ3) is 7.19. The molecule has 3 amide bonds. The first-order valence-corrected chi connectivity index (χ1v) is 12.0. The molecule has 8 nitrogen and oxygen atoms in total.